The summed E-state index contributed by atoms with van der Waals surface area (Å²) in [5, 5.41) is 15.7. The number of benzene rings is 1. The Bertz CT molecular complexity index is 689. The molecule has 3 rings (SSSR count). The van der Waals surface area contributed by atoms with Gasteiger partial charge in [-0.05, 0) is 36.1 Å². The number of aromatic nitrogens is 2. The third-order valence-electron chi connectivity index (χ3n) is 2.84. The summed E-state index contributed by atoms with van der Waals surface area (Å²) in [6, 6.07) is 9.36. The number of rotatable bonds is 3. The first-order valence-electron chi connectivity index (χ1n) is 5.87. The van der Waals surface area contributed by atoms with Gasteiger partial charge in [0.1, 0.15) is 5.75 Å². The molecule has 0 spiro atoms. The molecule has 0 saturated heterocycles. The Balaban J connectivity index is 1.86. The largest absolute Gasteiger partial charge is 0.508 e. The van der Waals surface area contributed by atoms with Crippen molar-refractivity contribution < 1.29 is 9.63 Å². The molecule has 0 saturated carbocycles. The Morgan fingerprint density at radius 2 is 2.21 bits per heavy atom. The van der Waals surface area contributed by atoms with Gasteiger partial charge in [-0.1, -0.05) is 17.3 Å². The maximum atomic E-state index is 9.69. The lowest BCUT2D eigenvalue weighted by molar-refractivity contribution is 0.423. The predicted octanol–water partition coefficient (Wildman–Crippen LogP) is 3.40. The van der Waals surface area contributed by atoms with Crippen LogP contribution in [0.5, 0.6) is 5.75 Å². The van der Waals surface area contributed by atoms with Crippen LogP contribution in [0, 0.1) is 6.92 Å². The van der Waals surface area contributed by atoms with Crippen LogP contribution in [-0.2, 0) is 6.42 Å². The molecule has 0 bridgehead atoms. The molecule has 0 unspecified atom stereocenters. The van der Waals surface area contributed by atoms with Crippen molar-refractivity contribution in [2.45, 2.75) is 13.3 Å². The van der Waals surface area contributed by atoms with Gasteiger partial charge in [-0.2, -0.15) is 4.98 Å². The Kier molecular flexibility index (Phi) is 3.05. The summed E-state index contributed by atoms with van der Waals surface area (Å²) in [5.74, 6) is 1.31. The second-order valence-electron chi connectivity index (χ2n) is 4.27. The van der Waals surface area contributed by atoms with Gasteiger partial charge in [-0.15, -0.1) is 11.3 Å². The van der Waals surface area contributed by atoms with E-state index >= 15 is 0 Å². The molecular formula is C14H12N2O2S. The summed E-state index contributed by atoms with van der Waals surface area (Å²) in [6.07, 6.45) is 0.666. The van der Waals surface area contributed by atoms with Crippen molar-refractivity contribution in [1.29, 1.82) is 0 Å². The summed E-state index contributed by atoms with van der Waals surface area (Å²) < 4.78 is 5.23. The molecule has 1 aromatic carbocycles. The average Bonchev–Trinajstić information content (AvgIpc) is 3.05. The van der Waals surface area contributed by atoms with Crippen molar-refractivity contribution in [2.24, 2.45) is 0 Å². The van der Waals surface area contributed by atoms with Gasteiger partial charge in [-0.25, -0.2) is 0 Å². The Labute approximate surface area is 114 Å². The second-order valence-corrected chi connectivity index (χ2v) is 5.31. The van der Waals surface area contributed by atoms with Crippen LogP contribution in [-0.4, -0.2) is 15.2 Å². The molecule has 0 amide bonds. The monoisotopic (exact) mass is 272 g/mol. The lowest BCUT2D eigenvalue weighted by Gasteiger charge is -1.99. The Hall–Kier alpha value is -2.14. The second kappa shape index (κ2) is 4.85. The van der Waals surface area contributed by atoms with Crippen LogP contribution < -0.4 is 0 Å². The highest BCUT2D eigenvalue weighted by atomic mass is 32.1. The van der Waals surface area contributed by atoms with Gasteiger partial charge in [0, 0.05) is 16.9 Å². The number of phenolic OH excluding ortho intramolecular Hbond substituents is 1. The van der Waals surface area contributed by atoms with Crippen molar-refractivity contribution >= 4 is 11.3 Å². The smallest absolute Gasteiger partial charge is 0.258 e. The molecule has 0 aliphatic heterocycles. The number of aryl methyl sites for hydroxylation is 1. The van der Waals surface area contributed by atoms with Gasteiger partial charge in [-0.3, -0.25) is 0 Å². The molecule has 0 atom stereocenters. The lowest BCUT2D eigenvalue weighted by atomic mass is 10.1. The first-order valence-corrected chi connectivity index (χ1v) is 6.75. The quantitative estimate of drug-likeness (QED) is 0.793. The van der Waals surface area contributed by atoms with Gasteiger partial charge in [0.25, 0.3) is 5.89 Å². The van der Waals surface area contributed by atoms with E-state index in [-0.39, 0.29) is 5.75 Å². The normalized spacial score (nSPS) is 10.8. The van der Waals surface area contributed by atoms with Crippen LogP contribution >= 0.6 is 11.3 Å². The Morgan fingerprint density at radius 3 is 2.95 bits per heavy atom. The molecule has 2 aromatic heterocycles. The molecule has 96 valence electrons. The fourth-order valence-corrected chi connectivity index (χ4v) is 2.46. The minimum absolute atomic E-state index is 0.232. The van der Waals surface area contributed by atoms with Gasteiger partial charge in [0.15, 0.2) is 5.82 Å². The zero-order valence-electron chi connectivity index (χ0n) is 10.3. The summed E-state index contributed by atoms with van der Waals surface area (Å²) in [7, 11) is 0. The highest BCUT2D eigenvalue weighted by Crippen LogP contribution is 2.25. The first-order chi connectivity index (χ1) is 9.22. The number of hydrogen-bond donors (Lipinski definition) is 1. The van der Waals surface area contributed by atoms with Crippen LogP contribution in [0.4, 0.5) is 0 Å². The van der Waals surface area contributed by atoms with Crippen LogP contribution in [0.1, 0.15) is 16.3 Å². The molecule has 1 N–H and O–H groups in total. The summed E-state index contributed by atoms with van der Waals surface area (Å²) in [5.41, 5.74) is 1.55. The van der Waals surface area contributed by atoms with Gasteiger partial charge in [0.05, 0.1) is 0 Å². The number of phenols is 1. The van der Waals surface area contributed by atoms with Crippen molar-refractivity contribution in [3.8, 4) is 17.2 Å². The number of thiophene rings is 1. The summed E-state index contributed by atoms with van der Waals surface area (Å²) in [4.78, 5) is 5.54. The van der Waals surface area contributed by atoms with Crippen LogP contribution in [0.25, 0.3) is 11.5 Å². The summed E-state index contributed by atoms with van der Waals surface area (Å²) >= 11 is 1.67. The minimum atomic E-state index is 0.232. The van der Waals surface area contributed by atoms with Gasteiger partial charge in [0.2, 0.25) is 0 Å². The average molecular weight is 272 g/mol. The van der Waals surface area contributed by atoms with E-state index in [9.17, 15) is 5.11 Å². The highest BCUT2D eigenvalue weighted by molar-refractivity contribution is 7.09. The maximum Gasteiger partial charge on any atom is 0.258 e. The van der Waals surface area contributed by atoms with Crippen LogP contribution in [0.15, 0.2) is 40.2 Å². The molecule has 5 heteroatoms. The van der Waals surface area contributed by atoms with Crippen LogP contribution in [0.3, 0.4) is 0 Å². The maximum absolute atomic E-state index is 9.69. The fourth-order valence-electron chi connectivity index (χ4n) is 1.75. The summed E-state index contributed by atoms with van der Waals surface area (Å²) in [6.45, 7) is 1.84. The van der Waals surface area contributed by atoms with E-state index in [4.69, 9.17) is 4.52 Å². The number of nitrogens with zero attached hydrogens (tertiary/aromatic N) is 2. The van der Waals surface area contributed by atoms with Crippen molar-refractivity contribution in [2.75, 3.05) is 0 Å². The van der Waals surface area contributed by atoms with Crippen molar-refractivity contribution in [3.05, 3.63) is 52.0 Å². The third kappa shape index (κ3) is 2.51. The van der Waals surface area contributed by atoms with E-state index in [1.807, 2.05) is 36.6 Å². The molecular weight excluding hydrogens is 260 g/mol. The molecule has 0 fully saturated rings. The molecule has 2 heterocycles. The predicted molar refractivity (Wildman–Crippen MR) is 73.3 cm³/mol. The molecule has 0 radical (unpaired) electrons. The number of aromatic hydroxyl groups is 1. The van der Waals surface area contributed by atoms with E-state index < -0.39 is 0 Å². The highest BCUT2D eigenvalue weighted by Gasteiger charge is 2.11. The first kappa shape index (κ1) is 11.9. The van der Waals surface area contributed by atoms with E-state index in [1.54, 1.807) is 17.4 Å². The van der Waals surface area contributed by atoms with E-state index in [0.29, 0.717) is 18.1 Å². The molecule has 3 aromatic rings. The van der Waals surface area contributed by atoms with Crippen molar-refractivity contribution in [3.63, 3.8) is 0 Å². The van der Waals surface area contributed by atoms with E-state index in [1.165, 1.54) is 4.88 Å². The third-order valence-corrected chi connectivity index (χ3v) is 3.71. The zero-order valence-corrected chi connectivity index (χ0v) is 11.1. The topological polar surface area (TPSA) is 59.2 Å². The number of hydrogen-bond acceptors (Lipinski definition) is 5. The molecule has 19 heavy (non-hydrogen) atoms. The zero-order chi connectivity index (χ0) is 13.2. The van der Waals surface area contributed by atoms with Gasteiger partial charge >= 0.3 is 0 Å². The molecule has 4 nitrogen and oxygen atoms in total. The minimum Gasteiger partial charge on any atom is -0.508 e. The van der Waals surface area contributed by atoms with E-state index in [2.05, 4.69) is 10.1 Å². The van der Waals surface area contributed by atoms with Gasteiger partial charge < -0.3 is 9.63 Å². The van der Waals surface area contributed by atoms with Crippen LogP contribution in [0.2, 0.25) is 0 Å². The lowest BCUT2D eigenvalue weighted by Crippen LogP contribution is -1.87. The fraction of sp³-hybridized carbons (Fsp3) is 0.143. The molecule has 0 aliphatic carbocycles. The molecule has 0 aliphatic rings. The van der Waals surface area contributed by atoms with Crippen molar-refractivity contribution in [1.82, 2.24) is 10.1 Å². The van der Waals surface area contributed by atoms with E-state index in [0.717, 1.165) is 11.1 Å². The Morgan fingerprint density at radius 1 is 1.32 bits per heavy atom. The SMILES string of the molecule is Cc1ccc(-c2nc(Cc3cccs3)no2)cc1O. The standard InChI is InChI=1S/C14H12N2O2S/c1-9-4-5-10(7-12(9)17)14-15-13(16-18-14)8-11-3-2-6-19-11/h2-7,17H,8H2,1H3.